The van der Waals surface area contributed by atoms with Crippen molar-refractivity contribution in [1.29, 1.82) is 5.26 Å². The van der Waals surface area contributed by atoms with Crippen LogP contribution in [0.1, 0.15) is 16.8 Å². The SMILES string of the molecule is N#CCCn1cc(C(=O)Cn2nnc3ccccc32)c2ccccc21. The number of rotatable bonds is 5. The van der Waals surface area contributed by atoms with E-state index in [1.54, 1.807) is 4.68 Å². The highest BCUT2D eigenvalue weighted by Crippen LogP contribution is 2.23. The smallest absolute Gasteiger partial charge is 0.186 e. The predicted octanol–water partition coefficient (Wildman–Crippen LogP) is 3.18. The minimum Gasteiger partial charge on any atom is -0.346 e. The first-order valence-corrected chi connectivity index (χ1v) is 8.04. The second kappa shape index (κ2) is 6.21. The van der Waals surface area contributed by atoms with Gasteiger partial charge in [0.25, 0.3) is 0 Å². The molecule has 2 heterocycles. The number of ketones is 1. The number of hydrogen-bond acceptors (Lipinski definition) is 4. The molecule has 25 heavy (non-hydrogen) atoms. The molecule has 0 aliphatic heterocycles. The molecule has 0 aliphatic rings. The Balaban J connectivity index is 1.71. The summed E-state index contributed by atoms with van der Waals surface area (Å²) in [4.78, 5) is 12.9. The molecule has 2 aromatic carbocycles. The fourth-order valence-electron chi connectivity index (χ4n) is 3.08. The van der Waals surface area contributed by atoms with Gasteiger partial charge in [-0.2, -0.15) is 5.26 Å². The molecule has 0 saturated heterocycles. The lowest BCUT2D eigenvalue weighted by molar-refractivity contribution is 0.0970. The standard InChI is InChI=1S/C19H15N5O/c20-10-5-11-23-12-15(14-6-1-3-8-17(14)23)19(25)13-24-18-9-4-2-7-16(18)21-22-24/h1-4,6-9,12H,5,11,13H2. The van der Waals surface area contributed by atoms with Crippen molar-refractivity contribution in [3.05, 3.63) is 60.3 Å². The van der Waals surface area contributed by atoms with E-state index in [9.17, 15) is 4.79 Å². The topological polar surface area (TPSA) is 76.5 Å². The van der Waals surface area contributed by atoms with Crippen LogP contribution in [0.5, 0.6) is 0 Å². The molecule has 122 valence electrons. The molecule has 0 N–H and O–H groups in total. The second-order valence-corrected chi connectivity index (χ2v) is 5.82. The minimum absolute atomic E-state index is 0.0254. The largest absolute Gasteiger partial charge is 0.346 e. The number of aromatic nitrogens is 4. The van der Waals surface area contributed by atoms with Crippen molar-refractivity contribution in [1.82, 2.24) is 19.6 Å². The van der Waals surface area contributed by atoms with E-state index in [-0.39, 0.29) is 12.3 Å². The molecular formula is C19H15N5O. The average Bonchev–Trinajstić information content (AvgIpc) is 3.22. The van der Waals surface area contributed by atoms with E-state index in [1.807, 2.05) is 59.3 Å². The molecule has 0 bridgehead atoms. The molecule has 4 rings (SSSR count). The maximum Gasteiger partial charge on any atom is 0.186 e. The first-order valence-electron chi connectivity index (χ1n) is 8.04. The predicted molar refractivity (Wildman–Crippen MR) is 94.0 cm³/mol. The van der Waals surface area contributed by atoms with E-state index in [2.05, 4.69) is 16.4 Å². The van der Waals surface area contributed by atoms with Gasteiger partial charge in [-0.05, 0) is 18.2 Å². The zero-order chi connectivity index (χ0) is 17.2. The van der Waals surface area contributed by atoms with Gasteiger partial charge in [0.2, 0.25) is 0 Å². The fraction of sp³-hybridized carbons (Fsp3) is 0.158. The van der Waals surface area contributed by atoms with Crippen LogP contribution in [0.25, 0.3) is 21.9 Å². The van der Waals surface area contributed by atoms with Crippen molar-refractivity contribution in [3.8, 4) is 6.07 Å². The van der Waals surface area contributed by atoms with Crippen molar-refractivity contribution in [2.45, 2.75) is 19.5 Å². The summed E-state index contributed by atoms with van der Waals surface area (Å²) in [5.41, 5.74) is 3.22. The molecule has 6 heteroatoms. The zero-order valence-electron chi connectivity index (χ0n) is 13.5. The van der Waals surface area contributed by atoms with Crippen LogP contribution in [-0.2, 0) is 13.1 Å². The Kier molecular flexibility index (Phi) is 3.75. The number of Topliss-reactive ketones (excluding diaryl/α,β-unsaturated/α-hetero) is 1. The van der Waals surface area contributed by atoms with Crippen LogP contribution in [0.4, 0.5) is 0 Å². The lowest BCUT2D eigenvalue weighted by Crippen LogP contribution is -2.11. The summed E-state index contributed by atoms with van der Waals surface area (Å²) in [6.07, 6.45) is 2.24. The summed E-state index contributed by atoms with van der Waals surface area (Å²) in [5, 5.41) is 17.9. The number of hydrogen-bond donors (Lipinski definition) is 0. The molecule has 0 atom stereocenters. The normalized spacial score (nSPS) is 11.0. The van der Waals surface area contributed by atoms with Crippen LogP contribution in [0.15, 0.2) is 54.7 Å². The van der Waals surface area contributed by atoms with Crippen molar-refractivity contribution in [3.63, 3.8) is 0 Å². The van der Waals surface area contributed by atoms with Gasteiger partial charge in [0.05, 0.1) is 18.0 Å². The van der Waals surface area contributed by atoms with Crippen LogP contribution in [0, 0.1) is 11.3 Å². The molecule has 0 radical (unpaired) electrons. The number of nitrogens with zero attached hydrogens (tertiary/aromatic N) is 5. The maximum atomic E-state index is 12.9. The number of carbonyl (C=O) groups excluding carboxylic acids is 1. The van der Waals surface area contributed by atoms with E-state index in [0.717, 1.165) is 21.9 Å². The highest BCUT2D eigenvalue weighted by molar-refractivity contribution is 6.08. The van der Waals surface area contributed by atoms with Gasteiger partial charge in [0.1, 0.15) is 12.1 Å². The van der Waals surface area contributed by atoms with Crippen molar-refractivity contribution >= 4 is 27.7 Å². The van der Waals surface area contributed by atoms with Crippen molar-refractivity contribution in [2.24, 2.45) is 0 Å². The van der Waals surface area contributed by atoms with E-state index in [1.165, 1.54) is 0 Å². The second-order valence-electron chi connectivity index (χ2n) is 5.82. The highest BCUT2D eigenvalue weighted by atomic mass is 16.1. The van der Waals surface area contributed by atoms with Crippen LogP contribution < -0.4 is 0 Å². The van der Waals surface area contributed by atoms with E-state index >= 15 is 0 Å². The molecule has 0 amide bonds. The van der Waals surface area contributed by atoms with Crippen LogP contribution in [0.3, 0.4) is 0 Å². The first kappa shape index (κ1) is 15.1. The lowest BCUT2D eigenvalue weighted by Gasteiger charge is -2.01. The summed E-state index contributed by atoms with van der Waals surface area (Å²) < 4.78 is 3.59. The molecule has 0 fully saturated rings. The third-order valence-corrected chi connectivity index (χ3v) is 4.27. The number of benzene rings is 2. The van der Waals surface area contributed by atoms with Gasteiger partial charge in [-0.15, -0.1) is 5.10 Å². The number of carbonyl (C=O) groups is 1. The number of nitriles is 1. The van der Waals surface area contributed by atoms with Crippen LogP contribution in [-0.4, -0.2) is 25.3 Å². The van der Waals surface area contributed by atoms with Gasteiger partial charge < -0.3 is 4.57 Å². The Morgan fingerprint density at radius 3 is 2.68 bits per heavy atom. The molecule has 4 aromatic rings. The highest BCUT2D eigenvalue weighted by Gasteiger charge is 2.16. The van der Waals surface area contributed by atoms with Gasteiger partial charge >= 0.3 is 0 Å². The molecule has 0 saturated carbocycles. The van der Waals surface area contributed by atoms with Crippen LogP contribution >= 0.6 is 0 Å². The molecule has 6 nitrogen and oxygen atoms in total. The maximum absolute atomic E-state index is 12.9. The Morgan fingerprint density at radius 1 is 1.08 bits per heavy atom. The molecule has 0 spiro atoms. The average molecular weight is 329 g/mol. The summed E-state index contributed by atoms with van der Waals surface area (Å²) in [6.45, 7) is 0.698. The van der Waals surface area contributed by atoms with Gasteiger partial charge in [-0.25, -0.2) is 4.68 Å². The zero-order valence-corrected chi connectivity index (χ0v) is 13.5. The molecule has 2 aromatic heterocycles. The minimum atomic E-state index is -0.0254. The number of para-hydroxylation sites is 2. The lowest BCUT2D eigenvalue weighted by atomic mass is 10.1. The summed E-state index contributed by atoms with van der Waals surface area (Å²) in [7, 11) is 0. The number of fused-ring (bicyclic) bond motifs is 2. The number of aryl methyl sites for hydroxylation is 1. The third kappa shape index (κ3) is 2.66. The summed E-state index contributed by atoms with van der Waals surface area (Å²) >= 11 is 0. The van der Waals surface area contributed by atoms with Gasteiger partial charge in [-0.3, -0.25) is 4.79 Å². The molecular weight excluding hydrogens is 314 g/mol. The Morgan fingerprint density at radius 2 is 1.84 bits per heavy atom. The van der Waals surface area contributed by atoms with Gasteiger partial charge in [0, 0.05) is 29.2 Å². The summed E-state index contributed by atoms with van der Waals surface area (Å²) in [6, 6.07) is 17.5. The summed E-state index contributed by atoms with van der Waals surface area (Å²) in [5.74, 6) is -0.0254. The first-order chi connectivity index (χ1) is 12.3. The van der Waals surface area contributed by atoms with Crippen LogP contribution in [0.2, 0.25) is 0 Å². The molecule has 0 unspecified atom stereocenters. The van der Waals surface area contributed by atoms with Crippen molar-refractivity contribution < 1.29 is 4.79 Å². The quantitative estimate of drug-likeness (QED) is 0.527. The van der Waals surface area contributed by atoms with E-state index in [4.69, 9.17) is 5.26 Å². The Labute approximate surface area is 143 Å². The Hall–Kier alpha value is -3.46. The van der Waals surface area contributed by atoms with Gasteiger partial charge in [0.15, 0.2) is 5.78 Å². The van der Waals surface area contributed by atoms with E-state index < -0.39 is 0 Å². The fourth-order valence-corrected chi connectivity index (χ4v) is 3.08. The molecule has 0 aliphatic carbocycles. The third-order valence-electron chi connectivity index (χ3n) is 4.27. The van der Waals surface area contributed by atoms with E-state index in [0.29, 0.717) is 18.5 Å². The monoisotopic (exact) mass is 329 g/mol. The van der Waals surface area contributed by atoms with Crippen molar-refractivity contribution in [2.75, 3.05) is 0 Å². The Bertz CT molecular complexity index is 1120. The van der Waals surface area contributed by atoms with Gasteiger partial charge in [-0.1, -0.05) is 35.5 Å².